The molecule has 0 fully saturated rings. The Labute approximate surface area is 105 Å². The Bertz CT molecular complexity index is 510. The zero-order chi connectivity index (χ0) is 13.3. The molecule has 1 amide bonds. The zero-order valence-electron chi connectivity index (χ0n) is 10.3. The van der Waals surface area contributed by atoms with Crippen LogP contribution in [0.25, 0.3) is 0 Å². The summed E-state index contributed by atoms with van der Waals surface area (Å²) in [5.74, 6) is -0.787. The first-order chi connectivity index (χ1) is 8.51. The Hall–Kier alpha value is -2.04. The van der Waals surface area contributed by atoms with E-state index >= 15 is 0 Å². The smallest absolute Gasteiger partial charge is 0.303 e. The van der Waals surface area contributed by atoms with Crippen molar-refractivity contribution in [3.63, 3.8) is 0 Å². The zero-order valence-corrected chi connectivity index (χ0v) is 10.3. The van der Waals surface area contributed by atoms with Crippen molar-refractivity contribution in [2.24, 2.45) is 0 Å². The summed E-state index contributed by atoms with van der Waals surface area (Å²) in [5, 5.41) is 11.7. The van der Waals surface area contributed by atoms with Gasteiger partial charge in [-0.15, -0.1) is 0 Å². The summed E-state index contributed by atoms with van der Waals surface area (Å²) < 4.78 is 5.23. The van der Waals surface area contributed by atoms with Crippen LogP contribution in [0.15, 0.2) is 12.1 Å². The van der Waals surface area contributed by atoms with Crippen molar-refractivity contribution < 1.29 is 19.4 Å². The van der Waals surface area contributed by atoms with Gasteiger partial charge in [0.15, 0.2) is 0 Å². The summed E-state index contributed by atoms with van der Waals surface area (Å²) in [6.45, 7) is 1.91. The van der Waals surface area contributed by atoms with E-state index in [0.29, 0.717) is 11.4 Å². The van der Waals surface area contributed by atoms with Gasteiger partial charge >= 0.3 is 5.97 Å². The predicted molar refractivity (Wildman–Crippen MR) is 66.0 cm³/mol. The molecule has 1 unspecified atom stereocenters. The average Bonchev–Trinajstić information content (AvgIpc) is 2.28. The number of hydrogen-bond donors (Lipinski definition) is 2. The molecule has 0 bridgehead atoms. The summed E-state index contributed by atoms with van der Waals surface area (Å²) >= 11 is 0. The molecular formula is C13H15NO4. The Morgan fingerprint density at radius 2 is 2.28 bits per heavy atom. The standard InChI is InChI=1S/C13H15NO4/c1-7-3-9-8(6-12(16)17)5-11(15)14-13(9)10(4-7)18-2/h3-4,8H,5-6H2,1-2H3,(H,14,15)(H,16,17). The van der Waals surface area contributed by atoms with Crippen molar-refractivity contribution in [1.82, 2.24) is 0 Å². The van der Waals surface area contributed by atoms with Gasteiger partial charge in [0.05, 0.1) is 19.2 Å². The number of ether oxygens (including phenoxy) is 1. The predicted octanol–water partition coefficient (Wildman–Crippen LogP) is 1.90. The lowest BCUT2D eigenvalue weighted by molar-refractivity contribution is -0.137. The lowest BCUT2D eigenvalue weighted by atomic mass is 9.86. The topological polar surface area (TPSA) is 75.6 Å². The van der Waals surface area contributed by atoms with Crippen LogP contribution in [-0.4, -0.2) is 24.1 Å². The number of aliphatic carboxylic acids is 1. The van der Waals surface area contributed by atoms with E-state index in [2.05, 4.69) is 5.32 Å². The highest BCUT2D eigenvalue weighted by Gasteiger charge is 2.29. The quantitative estimate of drug-likeness (QED) is 0.857. The maximum Gasteiger partial charge on any atom is 0.303 e. The fraction of sp³-hybridized carbons (Fsp3) is 0.385. The van der Waals surface area contributed by atoms with Crippen LogP contribution in [0.4, 0.5) is 5.69 Å². The molecule has 96 valence electrons. The lowest BCUT2D eigenvalue weighted by Crippen LogP contribution is -2.25. The third-order valence-electron chi connectivity index (χ3n) is 3.05. The second-order valence-corrected chi connectivity index (χ2v) is 4.48. The van der Waals surface area contributed by atoms with Crippen LogP contribution in [0.1, 0.15) is 29.9 Å². The van der Waals surface area contributed by atoms with E-state index in [9.17, 15) is 9.59 Å². The minimum atomic E-state index is -0.902. The van der Waals surface area contributed by atoms with Gasteiger partial charge < -0.3 is 15.2 Å². The molecule has 1 aliphatic rings. The number of rotatable bonds is 3. The molecule has 0 saturated heterocycles. The van der Waals surface area contributed by atoms with Crippen molar-refractivity contribution in [1.29, 1.82) is 0 Å². The molecule has 0 aliphatic carbocycles. The summed E-state index contributed by atoms with van der Waals surface area (Å²) in [4.78, 5) is 22.5. The average molecular weight is 249 g/mol. The van der Waals surface area contributed by atoms with Crippen molar-refractivity contribution >= 4 is 17.6 Å². The minimum Gasteiger partial charge on any atom is -0.495 e. The number of carbonyl (C=O) groups excluding carboxylic acids is 1. The normalized spacial score (nSPS) is 17.9. The van der Waals surface area contributed by atoms with Gasteiger partial charge in [0, 0.05) is 12.3 Å². The van der Waals surface area contributed by atoms with Crippen molar-refractivity contribution in [3.8, 4) is 5.75 Å². The molecule has 0 aromatic heterocycles. The van der Waals surface area contributed by atoms with E-state index in [1.807, 2.05) is 19.1 Å². The fourth-order valence-corrected chi connectivity index (χ4v) is 2.31. The van der Waals surface area contributed by atoms with Gasteiger partial charge in [-0.3, -0.25) is 9.59 Å². The number of benzene rings is 1. The van der Waals surface area contributed by atoms with E-state index in [0.717, 1.165) is 11.1 Å². The second-order valence-electron chi connectivity index (χ2n) is 4.48. The molecule has 1 atom stereocenters. The van der Waals surface area contributed by atoms with Crippen LogP contribution in [0.5, 0.6) is 5.75 Å². The monoisotopic (exact) mass is 249 g/mol. The largest absolute Gasteiger partial charge is 0.495 e. The molecule has 0 saturated carbocycles. The van der Waals surface area contributed by atoms with Gasteiger partial charge in [0.2, 0.25) is 5.91 Å². The molecular weight excluding hydrogens is 234 g/mol. The van der Waals surface area contributed by atoms with Crippen molar-refractivity contribution in [2.75, 3.05) is 12.4 Å². The number of amides is 1. The van der Waals surface area contributed by atoms with Gasteiger partial charge in [0.1, 0.15) is 5.75 Å². The number of carbonyl (C=O) groups is 2. The summed E-state index contributed by atoms with van der Waals surface area (Å²) in [5.41, 5.74) is 2.43. The van der Waals surface area contributed by atoms with Crippen molar-refractivity contribution in [2.45, 2.75) is 25.7 Å². The van der Waals surface area contributed by atoms with E-state index in [1.54, 1.807) is 0 Å². The number of anilines is 1. The number of aryl methyl sites for hydroxylation is 1. The first kappa shape index (κ1) is 12.4. The maximum atomic E-state index is 11.6. The molecule has 18 heavy (non-hydrogen) atoms. The third-order valence-corrected chi connectivity index (χ3v) is 3.05. The van der Waals surface area contributed by atoms with Crippen LogP contribution in [0.2, 0.25) is 0 Å². The highest BCUT2D eigenvalue weighted by atomic mass is 16.5. The molecule has 0 spiro atoms. The first-order valence-electron chi connectivity index (χ1n) is 5.71. The number of nitrogens with one attached hydrogen (secondary N) is 1. The molecule has 0 radical (unpaired) electrons. The van der Waals surface area contributed by atoms with Gasteiger partial charge in [0.25, 0.3) is 0 Å². The number of methoxy groups -OCH3 is 1. The van der Waals surface area contributed by atoms with Crippen LogP contribution >= 0.6 is 0 Å². The van der Waals surface area contributed by atoms with E-state index in [4.69, 9.17) is 9.84 Å². The van der Waals surface area contributed by atoms with Gasteiger partial charge in [-0.1, -0.05) is 6.07 Å². The lowest BCUT2D eigenvalue weighted by Gasteiger charge is -2.26. The van der Waals surface area contributed by atoms with Gasteiger partial charge in [-0.2, -0.15) is 0 Å². The Balaban J connectivity index is 2.50. The van der Waals surface area contributed by atoms with E-state index in [1.165, 1.54) is 7.11 Å². The number of fused-ring (bicyclic) bond motifs is 1. The molecule has 2 rings (SSSR count). The van der Waals surface area contributed by atoms with Crippen LogP contribution in [0, 0.1) is 6.92 Å². The Kier molecular flexibility index (Phi) is 3.23. The van der Waals surface area contributed by atoms with Crippen molar-refractivity contribution in [3.05, 3.63) is 23.3 Å². The highest BCUT2D eigenvalue weighted by molar-refractivity contribution is 5.97. The Morgan fingerprint density at radius 1 is 1.56 bits per heavy atom. The Morgan fingerprint density at radius 3 is 2.89 bits per heavy atom. The molecule has 5 nitrogen and oxygen atoms in total. The van der Waals surface area contributed by atoms with E-state index < -0.39 is 5.97 Å². The summed E-state index contributed by atoms with van der Waals surface area (Å²) in [6.07, 6.45) is 0.152. The van der Waals surface area contributed by atoms with Crippen LogP contribution in [0.3, 0.4) is 0 Å². The maximum absolute atomic E-state index is 11.6. The number of carboxylic acids is 1. The second kappa shape index (κ2) is 4.68. The fourth-order valence-electron chi connectivity index (χ4n) is 2.31. The third kappa shape index (κ3) is 2.30. The van der Waals surface area contributed by atoms with Crippen LogP contribution < -0.4 is 10.1 Å². The molecule has 5 heteroatoms. The molecule has 1 aliphatic heterocycles. The van der Waals surface area contributed by atoms with Gasteiger partial charge in [-0.25, -0.2) is 0 Å². The molecule has 1 aromatic rings. The summed E-state index contributed by atoms with van der Waals surface area (Å²) in [7, 11) is 1.53. The first-order valence-corrected chi connectivity index (χ1v) is 5.71. The minimum absolute atomic E-state index is 0.0486. The molecule has 1 aromatic carbocycles. The molecule has 2 N–H and O–H groups in total. The highest BCUT2D eigenvalue weighted by Crippen LogP contribution is 2.40. The molecule has 1 heterocycles. The number of carboxylic acid groups (broad SMARTS) is 1. The number of hydrogen-bond acceptors (Lipinski definition) is 3. The van der Waals surface area contributed by atoms with Gasteiger partial charge in [-0.05, 0) is 24.1 Å². The SMILES string of the molecule is COc1cc(C)cc2c1NC(=O)CC2CC(=O)O. The van der Waals surface area contributed by atoms with E-state index in [-0.39, 0.29) is 24.7 Å². The summed E-state index contributed by atoms with van der Waals surface area (Å²) in [6, 6.07) is 3.73. The van der Waals surface area contributed by atoms with Crippen LogP contribution in [-0.2, 0) is 9.59 Å².